The Morgan fingerprint density at radius 2 is 2.27 bits per heavy atom. The van der Waals surface area contributed by atoms with E-state index in [1.807, 2.05) is 7.05 Å². The van der Waals surface area contributed by atoms with Crippen LogP contribution in [-0.2, 0) is 0 Å². The molecule has 0 amide bonds. The van der Waals surface area contributed by atoms with E-state index >= 15 is 0 Å². The molecular formula is C10H14N4S. The molecule has 0 aliphatic carbocycles. The maximum Gasteiger partial charge on any atom is 0.140 e. The Morgan fingerprint density at radius 3 is 3.00 bits per heavy atom. The molecule has 0 aliphatic heterocycles. The van der Waals surface area contributed by atoms with Crippen molar-refractivity contribution in [3.05, 3.63) is 17.3 Å². The van der Waals surface area contributed by atoms with Crippen LogP contribution in [0.5, 0.6) is 0 Å². The standard InChI is InChI=1S/C10H14N4S/c1-7-5-8-9(14(2)4-3-11)12-6-13-10(8)15-7/h5-6H,3-4,11H2,1-2H3. The number of hydrogen-bond acceptors (Lipinski definition) is 5. The lowest BCUT2D eigenvalue weighted by atomic mass is 10.3. The van der Waals surface area contributed by atoms with Gasteiger partial charge in [-0.25, -0.2) is 9.97 Å². The molecule has 2 rings (SSSR count). The van der Waals surface area contributed by atoms with Crippen molar-refractivity contribution in [2.24, 2.45) is 5.73 Å². The molecule has 2 aromatic rings. The van der Waals surface area contributed by atoms with Crippen LogP contribution in [0.4, 0.5) is 5.82 Å². The van der Waals surface area contributed by atoms with Crippen LogP contribution in [0.15, 0.2) is 12.4 Å². The summed E-state index contributed by atoms with van der Waals surface area (Å²) in [4.78, 5) is 12.9. The molecule has 2 aromatic heterocycles. The van der Waals surface area contributed by atoms with E-state index in [4.69, 9.17) is 5.73 Å². The number of aryl methyl sites for hydroxylation is 1. The van der Waals surface area contributed by atoms with Crippen LogP contribution < -0.4 is 10.6 Å². The van der Waals surface area contributed by atoms with Gasteiger partial charge >= 0.3 is 0 Å². The van der Waals surface area contributed by atoms with Gasteiger partial charge in [0.1, 0.15) is 17.0 Å². The summed E-state index contributed by atoms with van der Waals surface area (Å²) in [5.74, 6) is 0.967. The molecule has 5 heteroatoms. The van der Waals surface area contributed by atoms with Crippen molar-refractivity contribution in [2.75, 3.05) is 25.0 Å². The van der Waals surface area contributed by atoms with E-state index in [1.54, 1.807) is 17.7 Å². The summed E-state index contributed by atoms with van der Waals surface area (Å²) in [6.45, 7) is 3.52. The first-order valence-corrected chi connectivity index (χ1v) is 5.66. The highest BCUT2D eigenvalue weighted by Crippen LogP contribution is 2.28. The van der Waals surface area contributed by atoms with Gasteiger partial charge in [-0.3, -0.25) is 0 Å². The van der Waals surface area contributed by atoms with Crippen LogP contribution in [0, 0.1) is 6.92 Å². The molecule has 4 nitrogen and oxygen atoms in total. The van der Waals surface area contributed by atoms with Crippen molar-refractivity contribution < 1.29 is 0 Å². The zero-order valence-electron chi connectivity index (χ0n) is 8.90. The van der Waals surface area contributed by atoms with Crippen LogP contribution >= 0.6 is 11.3 Å². The van der Waals surface area contributed by atoms with Crippen molar-refractivity contribution in [3.8, 4) is 0 Å². The second-order valence-electron chi connectivity index (χ2n) is 3.48. The van der Waals surface area contributed by atoms with Gasteiger partial charge < -0.3 is 10.6 Å². The minimum atomic E-state index is 0.630. The summed E-state index contributed by atoms with van der Waals surface area (Å²) in [5, 5.41) is 1.12. The Kier molecular flexibility index (Phi) is 2.83. The summed E-state index contributed by atoms with van der Waals surface area (Å²) in [6.07, 6.45) is 1.61. The van der Waals surface area contributed by atoms with E-state index in [1.165, 1.54) is 4.88 Å². The maximum absolute atomic E-state index is 5.53. The smallest absolute Gasteiger partial charge is 0.140 e. The fourth-order valence-electron chi connectivity index (χ4n) is 1.57. The van der Waals surface area contributed by atoms with E-state index in [-0.39, 0.29) is 0 Å². The van der Waals surface area contributed by atoms with Gasteiger partial charge in [0.25, 0.3) is 0 Å². The number of hydrogen-bond donors (Lipinski definition) is 1. The number of nitrogens with two attached hydrogens (primary N) is 1. The summed E-state index contributed by atoms with van der Waals surface area (Å²) < 4.78 is 0. The molecule has 80 valence electrons. The van der Waals surface area contributed by atoms with Crippen LogP contribution in [-0.4, -0.2) is 30.1 Å². The first-order valence-electron chi connectivity index (χ1n) is 4.84. The summed E-state index contributed by atoms with van der Waals surface area (Å²) in [7, 11) is 2.00. The van der Waals surface area contributed by atoms with Crippen LogP contribution in [0.3, 0.4) is 0 Å². The zero-order chi connectivity index (χ0) is 10.8. The molecule has 0 spiro atoms. The first-order chi connectivity index (χ1) is 7.22. The maximum atomic E-state index is 5.53. The van der Waals surface area contributed by atoms with Crippen LogP contribution in [0.1, 0.15) is 4.88 Å². The largest absolute Gasteiger partial charge is 0.358 e. The van der Waals surface area contributed by atoms with E-state index in [2.05, 4.69) is 27.9 Å². The molecule has 0 unspecified atom stereocenters. The molecule has 0 aliphatic rings. The van der Waals surface area contributed by atoms with Crippen molar-refractivity contribution in [1.29, 1.82) is 0 Å². The third-order valence-electron chi connectivity index (χ3n) is 2.26. The van der Waals surface area contributed by atoms with Gasteiger partial charge in [-0.2, -0.15) is 0 Å². The van der Waals surface area contributed by atoms with Crippen molar-refractivity contribution in [3.63, 3.8) is 0 Å². The third-order valence-corrected chi connectivity index (χ3v) is 3.22. The fraction of sp³-hybridized carbons (Fsp3) is 0.400. The van der Waals surface area contributed by atoms with E-state index in [0.717, 1.165) is 22.6 Å². The average molecular weight is 222 g/mol. The lowest BCUT2D eigenvalue weighted by Gasteiger charge is -2.17. The highest BCUT2D eigenvalue weighted by molar-refractivity contribution is 7.18. The lowest BCUT2D eigenvalue weighted by molar-refractivity contribution is 0.871. The first kappa shape index (κ1) is 10.3. The number of thiophene rings is 1. The van der Waals surface area contributed by atoms with Crippen LogP contribution in [0.25, 0.3) is 10.2 Å². The number of nitrogens with zero attached hydrogens (tertiary/aromatic N) is 3. The molecule has 0 aromatic carbocycles. The fourth-order valence-corrected chi connectivity index (χ4v) is 2.41. The van der Waals surface area contributed by atoms with E-state index in [0.29, 0.717) is 6.54 Å². The molecular weight excluding hydrogens is 208 g/mol. The van der Waals surface area contributed by atoms with Crippen molar-refractivity contribution in [1.82, 2.24) is 9.97 Å². The highest BCUT2D eigenvalue weighted by Gasteiger charge is 2.09. The zero-order valence-corrected chi connectivity index (χ0v) is 9.71. The Hall–Kier alpha value is -1.20. The van der Waals surface area contributed by atoms with Gasteiger partial charge in [-0.15, -0.1) is 11.3 Å². The molecule has 0 saturated carbocycles. The predicted molar refractivity (Wildman–Crippen MR) is 64.5 cm³/mol. The summed E-state index contributed by atoms with van der Waals surface area (Å²) in [6, 6.07) is 2.13. The normalized spacial score (nSPS) is 10.9. The molecule has 0 bridgehead atoms. The van der Waals surface area contributed by atoms with Crippen molar-refractivity contribution >= 4 is 27.4 Å². The Labute approximate surface area is 92.8 Å². The minimum Gasteiger partial charge on any atom is -0.358 e. The second kappa shape index (κ2) is 4.12. The summed E-state index contributed by atoms with van der Waals surface area (Å²) in [5.41, 5.74) is 5.53. The van der Waals surface area contributed by atoms with E-state index < -0.39 is 0 Å². The molecule has 2 heterocycles. The minimum absolute atomic E-state index is 0.630. The number of likely N-dealkylation sites (N-methyl/N-ethyl adjacent to an activating group) is 1. The Bertz CT molecular complexity index is 465. The molecule has 0 radical (unpaired) electrons. The second-order valence-corrected chi connectivity index (χ2v) is 4.72. The van der Waals surface area contributed by atoms with Gasteiger partial charge in [-0.1, -0.05) is 0 Å². The van der Waals surface area contributed by atoms with Gasteiger partial charge in [0.2, 0.25) is 0 Å². The SMILES string of the molecule is Cc1cc2c(N(C)CCN)ncnc2s1. The topological polar surface area (TPSA) is 55.0 Å². The molecule has 2 N–H and O–H groups in total. The Morgan fingerprint density at radius 1 is 1.47 bits per heavy atom. The third kappa shape index (κ3) is 1.93. The monoisotopic (exact) mass is 222 g/mol. The van der Waals surface area contributed by atoms with Gasteiger partial charge in [0, 0.05) is 25.0 Å². The lowest BCUT2D eigenvalue weighted by Crippen LogP contribution is -2.25. The van der Waals surface area contributed by atoms with Crippen molar-refractivity contribution in [2.45, 2.75) is 6.92 Å². The predicted octanol–water partition coefficient (Wildman–Crippen LogP) is 1.39. The number of aromatic nitrogens is 2. The van der Waals surface area contributed by atoms with E-state index in [9.17, 15) is 0 Å². The van der Waals surface area contributed by atoms with Gasteiger partial charge in [0.15, 0.2) is 0 Å². The van der Waals surface area contributed by atoms with Crippen LogP contribution in [0.2, 0.25) is 0 Å². The molecule has 0 atom stereocenters. The number of anilines is 1. The highest BCUT2D eigenvalue weighted by atomic mass is 32.1. The van der Waals surface area contributed by atoms with Gasteiger partial charge in [0.05, 0.1) is 5.39 Å². The average Bonchev–Trinajstić information content (AvgIpc) is 2.57. The molecule has 0 fully saturated rings. The summed E-state index contributed by atoms with van der Waals surface area (Å²) >= 11 is 1.69. The molecule has 15 heavy (non-hydrogen) atoms. The number of fused-ring (bicyclic) bond motifs is 1. The van der Waals surface area contributed by atoms with Gasteiger partial charge in [-0.05, 0) is 13.0 Å². The quantitative estimate of drug-likeness (QED) is 0.852. The Balaban J connectivity index is 2.50. The number of rotatable bonds is 3. The molecule has 0 saturated heterocycles.